The highest BCUT2D eigenvalue weighted by molar-refractivity contribution is 8.18. The average molecular weight is 458 g/mol. The van der Waals surface area contributed by atoms with Crippen LogP contribution in [0.5, 0.6) is 0 Å². The van der Waals surface area contributed by atoms with Crippen molar-refractivity contribution in [2.45, 2.75) is 25.3 Å². The lowest BCUT2D eigenvalue weighted by atomic mass is 9.77. The van der Waals surface area contributed by atoms with E-state index in [0.717, 1.165) is 36.1 Å². The number of allylic oxidation sites excluding steroid dienone is 1. The standard InChI is InChI=1S/C26H23N3O3S/c1-32-22(30)16-21-25(31)27-26(33-21)29-24(18-11-6-3-7-12-18)20-14-8-13-19(23(20)28-29)15-17-9-4-2-5-10-17/h2-7,9-12,15-16,20,24H,8,13-14H2,1H3/b19-15-,21-16-/t20-,24+/m1/s1. The number of aliphatic imine (C=N–C) groups is 1. The SMILES string of the molecule is COC(=O)/C=C1\SC(N2N=C3/C(=C\c4ccccc4)CCC[C@H]3[C@@H]2c2ccccc2)=NC1=O. The first-order valence-electron chi connectivity index (χ1n) is 10.9. The van der Waals surface area contributed by atoms with Crippen molar-refractivity contribution in [2.75, 3.05) is 7.11 Å². The van der Waals surface area contributed by atoms with Crippen LogP contribution >= 0.6 is 11.8 Å². The summed E-state index contributed by atoms with van der Waals surface area (Å²) in [5.74, 6) is -0.818. The molecule has 0 spiro atoms. The van der Waals surface area contributed by atoms with Crippen molar-refractivity contribution in [3.8, 4) is 0 Å². The summed E-state index contributed by atoms with van der Waals surface area (Å²) in [4.78, 5) is 28.7. The Bertz CT molecular complexity index is 1200. The van der Waals surface area contributed by atoms with Gasteiger partial charge >= 0.3 is 5.97 Å². The molecule has 166 valence electrons. The Morgan fingerprint density at radius 3 is 2.58 bits per heavy atom. The van der Waals surface area contributed by atoms with Gasteiger partial charge in [0.05, 0.1) is 23.8 Å². The normalized spacial score (nSPS) is 24.6. The minimum absolute atomic E-state index is 0.0581. The molecule has 0 aromatic heterocycles. The van der Waals surface area contributed by atoms with E-state index in [0.29, 0.717) is 5.17 Å². The van der Waals surface area contributed by atoms with E-state index in [1.165, 1.54) is 30.5 Å². The first kappa shape index (κ1) is 21.4. The molecule has 0 unspecified atom stereocenters. The Morgan fingerprint density at radius 1 is 1.12 bits per heavy atom. The maximum atomic E-state index is 12.5. The number of hydrogen-bond acceptors (Lipinski definition) is 6. The summed E-state index contributed by atoms with van der Waals surface area (Å²) in [5.41, 5.74) is 4.56. The van der Waals surface area contributed by atoms with Crippen molar-refractivity contribution in [2.24, 2.45) is 16.0 Å². The van der Waals surface area contributed by atoms with Gasteiger partial charge in [0, 0.05) is 12.0 Å². The van der Waals surface area contributed by atoms with E-state index in [4.69, 9.17) is 5.10 Å². The van der Waals surface area contributed by atoms with Crippen LogP contribution < -0.4 is 0 Å². The molecule has 2 aromatic carbocycles. The zero-order valence-corrected chi connectivity index (χ0v) is 19.0. The maximum Gasteiger partial charge on any atom is 0.331 e. The zero-order chi connectivity index (χ0) is 22.8. The molecule has 0 saturated heterocycles. The van der Waals surface area contributed by atoms with Crippen molar-refractivity contribution in [1.29, 1.82) is 0 Å². The number of carbonyl (C=O) groups is 2. The average Bonchev–Trinajstić information content (AvgIpc) is 3.41. The zero-order valence-electron chi connectivity index (χ0n) is 18.2. The van der Waals surface area contributed by atoms with Crippen LogP contribution in [0.15, 0.2) is 87.3 Å². The highest BCUT2D eigenvalue weighted by atomic mass is 32.2. The molecule has 7 heteroatoms. The number of hydrazone groups is 1. The molecule has 0 radical (unpaired) electrons. The second kappa shape index (κ2) is 9.19. The van der Waals surface area contributed by atoms with Gasteiger partial charge in [-0.1, -0.05) is 60.7 Å². The molecule has 6 nitrogen and oxygen atoms in total. The third-order valence-electron chi connectivity index (χ3n) is 6.04. The van der Waals surface area contributed by atoms with Gasteiger partial charge in [-0.25, -0.2) is 9.80 Å². The predicted octanol–water partition coefficient (Wildman–Crippen LogP) is 4.97. The minimum atomic E-state index is -0.573. The number of hydrogen-bond donors (Lipinski definition) is 0. The molecule has 5 rings (SSSR count). The molecule has 1 aliphatic carbocycles. The number of esters is 1. The summed E-state index contributed by atoms with van der Waals surface area (Å²) in [5, 5.41) is 7.40. The van der Waals surface area contributed by atoms with Crippen LogP contribution in [0.4, 0.5) is 0 Å². The van der Waals surface area contributed by atoms with Crippen molar-refractivity contribution < 1.29 is 14.3 Å². The fourth-order valence-electron chi connectivity index (χ4n) is 4.55. The summed E-state index contributed by atoms with van der Waals surface area (Å²) in [6.45, 7) is 0. The van der Waals surface area contributed by atoms with Crippen LogP contribution in [0, 0.1) is 5.92 Å². The first-order chi connectivity index (χ1) is 16.1. The van der Waals surface area contributed by atoms with Crippen molar-refractivity contribution >= 4 is 40.6 Å². The van der Waals surface area contributed by atoms with Gasteiger partial charge in [0.1, 0.15) is 0 Å². The Balaban J connectivity index is 1.54. The van der Waals surface area contributed by atoms with E-state index in [2.05, 4.69) is 40.1 Å². The fraction of sp³-hybridized carbons (Fsp3) is 0.231. The Morgan fingerprint density at radius 2 is 1.85 bits per heavy atom. The third kappa shape index (κ3) is 4.28. The predicted molar refractivity (Wildman–Crippen MR) is 130 cm³/mol. The summed E-state index contributed by atoms with van der Waals surface area (Å²) in [6, 6.07) is 20.4. The highest BCUT2D eigenvalue weighted by Gasteiger charge is 2.44. The summed E-state index contributed by atoms with van der Waals surface area (Å²) < 4.78 is 4.68. The topological polar surface area (TPSA) is 71.3 Å². The molecular weight excluding hydrogens is 434 g/mol. The molecule has 1 fully saturated rings. The van der Waals surface area contributed by atoms with Crippen LogP contribution in [0.2, 0.25) is 0 Å². The van der Waals surface area contributed by atoms with Crippen LogP contribution in [-0.2, 0) is 14.3 Å². The highest BCUT2D eigenvalue weighted by Crippen LogP contribution is 2.46. The Kier molecular flexibility index (Phi) is 5.96. The summed E-state index contributed by atoms with van der Waals surface area (Å²) >= 11 is 1.17. The van der Waals surface area contributed by atoms with E-state index < -0.39 is 11.9 Å². The van der Waals surface area contributed by atoms with Gasteiger partial charge in [0.15, 0.2) is 5.17 Å². The number of amidine groups is 1. The van der Waals surface area contributed by atoms with Gasteiger partial charge in [-0.15, -0.1) is 0 Å². The molecule has 0 bridgehead atoms. The summed E-state index contributed by atoms with van der Waals surface area (Å²) in [6.07, 6.45) is 6.46. The molecule has 2 aromatic rings. The molecular formula is C26H23N3O3S. The second-order valence-corrected chi connectivity index (χ2v) is 9.11. The lowest BCUT2D eigenvalue weighted by Gasteiger charge is -2.30. The molecule has 33 heavy (non-hydrogen) atoms. The van der Waals surface area contributed by atoms with Gasteiger partial charge in [0.2, 0.25) is 0 Å². The molecule has 1 amide bonds. The quantitative estimate of drug-likeness (QED) is 0.481. The first-order valence-corrected chi connectivity index (χ1v) is 11.7. The van der Waals surface area contributed by atoms with E-state index in [-0.39, 0.29) is 16.9 Å². The van der Waals surface area contributed by atoms with Crippen LogP contribution in [0.1, 0.15) is 36.4 Å². The number of thioether (sulfide) groups is 1. The number of nitrogens with zero attached hydrogens (tertiary/aromatic N) is 3. The smallest absolute Gasteiger partial charge is 0.331 e. The number of benzene rings is 2. The van der Waals surface area contributed by atoms with E-state index in [1.807, 2.05) is 41.4 Å². The minimum Gasteiger partial charge on any atom is -0.466 e. The van der Waals surface area contributed by atoms with Crippen molar-refractivity contribution in [3.05, 3.63) is 88.3 Å². The summed E-state index contributed by atoms with van der Waals surface area (Å²) in [7, 11) is 1.29. The molecule has 0 N–H and O–H groups in total. The largest absolute Gasteiger partial charge is 0.466 e. The molecule has 2 aliphatic heterocycles. The van der Waals surface area contributed by atoms with E-state index in [1.54, 1.807) is 0 Å². The van der Waals surface area contributed by atoms with Crippen LogP contribution in [0.25, 0.3) is 6.08 Å². The molecule has 2 heterocycles. The van der Waals surface area contributed by atoms with Crippen molar-refractivity contribution in [3.63, 3.8) is 0 Å². The second-order valence-electron chi connectivity index (χ2n) is 8.10. The fourth-order valence-corrected chi connectivity index (χ4v) is 5.42. The Labute approximate surface area is 196 Å². The Hall–Kier alpha value is -3.45. The van der Waals surface area contributed by atoms with Crippen molar-refractivity contribution in [1.82, 2.24) is 5.01 Å². The van der Waals surface area contributed by atoms with Gasteiger partial charge in [-0.2, -0.15) is 10.1 Å². The monoisotopic (exact) mass is 457 g/mol. The maximum absolute atomic E-state index is 12.5. The number of amides is 1. The molecule has 1 saturated carbocycles. The molecule has 3 aliphatic rings. The number of carbonyl (C=O) groups excluding carboxylic acids is 2. The third-order valence-corrected chi connectivity index (χ3v) is 7.01. The van der Waals surface area contributed by atoms with Gasteiger partial charge in [-0.05, 0) is 53.8 Å². The lowest BCUT2D eigenvalue weighted by Crippen LogP contribution is -2.30. The number of methoxy groups -OCH3 is 1. The number of fused-ring (bicyclic) bond motifs is 1. The van der Waals surface area contributed by atoms with Gasteiger partial charge < -0.3 is 4.74 Å². The lowest BCUT2D eigenvalue weighted by molar-refractivity contribution is -0.135. The van der Waals surface area contributed by atoms with E-state index in [9.17, 15) is 9.59 Å². The van der Waals surface area contributed by atoms with Gasteiger partial charge in [0.25, 0.3) is 5.91 Å². The van der Waals surface area contributed by atoms with Crippen LogP contribution in [-0.4, -0.2) is 34.9 Å². The number of ether oxygens (including phenoxy) is 1. The molecule has 2 atom stereocenters. The number of rotatable bonds is 3. The van der Waals surface area contributed by atoms with Crippen LogP contribution in [0.3, 0.4) is 0 Å². The van der Waals surface area contributed by atoms with Gasteiger partial charge in [-0.3, -0.25) is 4.79 Å². The van der Waals surface area contributed by atoms with E-state index >= 15 is 0 Å².